The van der Waals surface area contributed by atoms with E-state index in [2.05, 4.69) is 10.6 Å². The van der Waals surface area contributed by atoms with E-state index in [0.717, 1.165) is 12.1 Å². The third-order valence-electron chi connectivity index (χ3n) is 3.38. The summed E-state index contributed by atoms with van der Waals surface area (Å²) in [5, 5.41) is 4.92. The van der Waals surface area contributed by atoms with Crippen LogP contribution in [0.2, 0.25) is 0 Å². The molecule has 0 saturated carbocycles. The Labute approximate surface area is 160 Å². The summed E-state index contributed by atoms with van der Waals surface area (Å²) < 4.78 is 43.9. The maximum absolute atomic E-state index is 12.8. The minimum atomic E-state index is -4.46. The van der Waals surface area contributed by atoms with Gasteiger partial charge in [0.05, 0.1) is 17.7 Å². The molecule has 8 heteroatoms. The first-order chi connectivity index (χ1) is 12.7. The molecule has 0 unspecified atom stereocenters. The molecule has 0 heterocycles. The lowest BCUT2D eigenvalue weighted by Crippen LogP contribution is -2.34. The van der Waals surface area contributed by atoms with Crippen LogP contribution in [0, 0.1) is 5.92 Å². The standard InChI is InChI=1S/C19H19F3N2O2S/c1-12(2)11-26-16-9-4-3-8-15(16)17(25)24-18(27)23-14-7-5-6-13(10-14)19(20,21)22/h3-10,12H,11H2,1-2H3,(H2,23,24,25,27). The normalized spacial score (nSPS) is 11.2. The lowest BCUT2D eigenvalue weighted by molar-refractivity contribution is -0.137. The molecule has 1 amide bonds. The van der Waals surface area contributed by atoms with E-state index in [4.69, 9.17) is 17.0 Å². The predicted octanol–water partition coefficient (Wildman–Crippen LogP) is 4.87. The van der Waals surface area contributed by atoms with Crippen LogP contribution >= 0.6 is 12.2 Å². The Hall–Kier alpha value is -2.61. The van der Waals surface area contributed by atoms with Crippen LogP contribution in [0.1, 0.15) is 29.8 Å². The van der Waals surface area contributed by atoms with Gasteiger partial charge in [0.1, 0.15) is 5.75 Å². The van der Waals surface area contributed by atoms with Gasteiger partial charge in [0.15, 0.2) is 5.11 Å². The molecule has 0 aliphatic rings. The number of hydrogen-bond acceptors (Lipinski definition) is 3. The van der Waals surface area contributed by atoms with Gasteiger partial charge in [0.25, 0.3) is 5.91 Å². The van der Waals surface area contributed by atoms with E-state index in [-0.39, 0.29) is 22.3 Å². The Morgan fingerprint density at radius 2 is 1.85 bits per heavy atom. The summed E-state index contributed by atoms with van der Waals surface area (Å²) in [5.41, 5.74) is -0.403. The molecule has 0 saturated heterocycles. The fourth-order valence-corrected chi connectivity index (χ4v) is 2.35. The number of amides is 1. The largest absolute Gasteiger partial charge is 0.492 e. The lowest BCUT2D eigenvalue weighted by Gasteiger charge is -2.14. The predicted molar refractivity (Wildman–Crippen MR) is 102 cm³/mol. The molecule has 144 valence electrons. The molecule has 4 nitrogen and oxygen atoms in total. The number of nitrogens with one attached hydrogen (secondary N) is 2. The smallest absolute Gasteiger partial charge is 0.416 e. The molecule has 0 aliphatic heterocycles. The van der Waals surface area contributed by atoms with Gasteiger partial charge in [0.2, 0.25) is 0 Å². The number of rotatable bonds is 5. The van der Waals surface area contributed by atoms with Crippen LogP contribution < -0.4 is 15.4 Å². The van der Waals surface area contributed by atoms with E-state index in [1.54, 1.807) is 24.3 Å². The van der Waals surface area contributed by atoms with Crippen molar-refractivity contribution < 1.29 is 22.7 Å². The molecule has 27 heavy (non-hydrogen) atoms. The van der Waals surface area contributed by atoms with Crippen molar-refractivity contribution in [1.29, 1.82) is 0 Å². The van der Waals surface area contributed by atoms with Gasteiger partial charge in [0, 0.05) is 5.69 Å². The van der Waals surface area contributed by atoms with Crippen LogP contribution in [0.4, 0.5) is 18.9 Å². The first kappa shape index (κ1) is 20.7. The van der Waals surface area contributed by atoms with E-state index >= 15 is 0 Å². The zero-order valence-corrected chi connectivity index (χ0v) is 15.6. The van der Waals surface area contributed by atoms with Crippen molar-refractivity contribution in [2.45, 2.75) is 20.0 Å². The van der Waals surface area contributed by atoms with Gasteiger partial charge in [-0.1, -0.05) is 32.0 Å². The van der Waals surface area contributed by atoms with Crippen molar-refractivity contribution >= 4 is 28.9 Å². The van der Waals surface area contributed by atoms with Gasteiger partial charge < -0.3 is 10.1 Å². The highest BCUT2D eigenvalue weighted by Gasteiger charge is 2.30. The van der Waals surface area contributed by atoms with Crippen molar-refractivity contribution in [2.75, 3.05) is 11.9 Å². The van der Waals surface area contributed by atoms with E-state index in [0.29, 0.717) is 12.4 Å². The summed E-state index contributed by atoms with van der Waals surface area (Å²) in [5.74, 6) is 0.175. The summed E-state index contributed by atoms with van der Waals surface area (Å²) in [6, 6.07) is 11.2. The molecular weight excluding hydrogens is 377 g/mol. The molecule has 0 aliphatic carbocycles. The first-order valence-corrected chi connectivity index (χ1v) is 8.59. The van der Waals surface area contributed by atoms with Gasteiger partial charge in [-0.05, 0) is 48.5 Å². The summed E-state index contributed by atoms with van der Waals surface area (Å²) in [6.07, 6.45) is -4.46. The molecule has 2 rings (SSSR count). The zero-order chi connectivity index (χ0) is 20.0. The second-order valence-electron chi connectivity index (χ2n) is 6.19. The second-order valence-corrected chi connectivity index (χ2v) is 6.60. The Balaban J connectivity index is 2.05. The van der Waals surface area contributed by atoms with E-state index < -0.39 is 17.6 Å². The average Bonchev–Trinajstić information content (AvgIpc) is 2.59. The number of carbonyl (C=O) groups is 1. The number of para-hydroxylation sites is 1. The van der Waals surface area contributed by atoms with Crippen molar-refractivity contribution in [2.24, 2.45) is 5.92 Å². The lowest BCUT2D eigenvalue weighted by atomic mass is 10.2. The van der Waals surface area contributed by atoms with Crippen molar-refractivity contribution in [3.05, 3.63) is 59.7 Å². The highest BCUT2D eigenvalue weighted by Crippen LogP contribution is 2.30. The number of carbonyl (C=O) groups excluding carboxylic acids is 1. The SMILES string of the molecule is CC(C)COc1ccccc1C(=O)NC(=S)Nc1cccc(C(F)(F)F)c1. The summed E-state index contributed by atoms with van der Waals surface area (Å²) in [6.45, 7) is 4.41. The van der Waals surface area contributed by atoms with Crippen LogP contribution in [0.15, 0.2) is 48.5 Å². The molecule has 0 spiro atoms. The van der Waals surface area contributed by atoms with Crippen LogP contribution in [-0.4, -0.2) is 17.6 Å². The molecule has 0 fully saturated rings. The van der Waals surface area contributed by atoms with Crippen molar-refractivity contribution in [3.63, 3.8) is 0 Å². The first-order valence-electron chi connectivity index (χ1n) is 8.18. The van der Waals surface area contributed by atoms with Crippen LogP contribution in [0.5, 0.6) is 5.75 Å². The number of halogens is 3. The van der Waals surface area contributed by atoms with Crippen molar-refractivity contribution in [3.8, 4) is 5.75 Å². The van der Waals surface area contributed by atoms with E-state index in [1.165, 1.54) is 12.1 Å². The summed E-state index contributed by atoms with van der Waals surface area (Å²) in [4.78, 5) is 12.4. The fourth-order valence-electron chi connectivity index (χ4n) is 2.14. The molecule has 2 N–H and O–H groups in total. The third-order valence-corrected chi connectivity index (χ3v) is 3.58. The monoisotopic (exact) mass is 396 g/mol. The minimum absolute atomic E-state index is 0.113. The summed E-state index contributed by atoms with van der Waals surface area (Å²) in [7, 11) is 0. The molecule has 0 bridgehead atoms. The second kappa shape index (κ2) is 8.85. The molecule has 0 aromatic heterocycles. The van der Waals surface area contributed by atoms with Crippen LogP contribution in [0.25, 0.3) is 0 Å². The maximum atomic E-state index is 12.8. The van der Waals surface area contributed by atoms with Crippen molar-refractivity contribution in [1.82, 2.24) is 5.32 Å². The van der Waals surface area contributed by atoms with Crippen LogP contribution in [0.3, 0.4) is 0 Å². The van der Waals surface area contributed by atoms with Gasteiger partial charge in [-0.25, -0.2) is 0 Å². The Kier molecular flexibility index (Phi) is 6.79. The highest BCUT2D eigenvalue weighted by atomic mass is 32.1. The number of hydrogen-bond donors (Lipinski definition) is 2. The number of thiocarbonyl (C=S) groups is 1. The molecule has 0 radical (unpaired) electrons. The topological polar surface area (TPSA) is 50.4 Å². The number of alkyl halides is 3. The average molecular weight is 396 g/mol. The minimum Gasteiger partial charge on any atom is -0.492 e. The fraction of sp³-hybridized carbons (Fsp3) is 0.263. The molecular formula is C19H19F3N2O2S. The Morgan fingerprint density at radius 1 is 1.15 bits per heavy atom. The maximum Gasteiger partial charge on any atom is 0.416 e. The number of ether oxygens (including phenoxy) is 1. The molecule has 0 atom stereocenters. The quantitative estimate of drug-likeness (QED) is 0.709. The number of benzene rings is 2. The Bertz CT molecular complexity index is 823. The highest BCUT2D eigenvalue weighted by molar-refractivity contribution is 7.80. The zero-order valence-electron chi connectivity index (χ0n) is 14.8. The van der Waals surface area contributed by atoms with Gasteiger partial charge in [-0.3, -0.25) is 10.1 Å². The summed E-state index contributed by atoms with van der Waals surface area (Å²) >= 11 is 5.03. The third kappa shape index (κ3) is 6.25. The molecule has 2 aromatic rings. The van der Waals surface area contributed by atoms with Gasteiger partial charge in [-0.2, -0.15) is 13.2 Å². The van der Waals surface area contributed by atoms with Crippen LogP contribution in [-0.2, 0) is 6.18 Å². The number of anilines is 1. The van der Waals surface area contributed by atoms with Gasteiger partial charge in [-0.15, -0.1) is 0 Å². The molecule has 2 aromatic carbocycles. The van der Waals surface area contributed by atoms with Gasteiger partial charge >= 0.3 is 6.18 Å². The van der Waals surface area contributed by atoms with E-state index in [9.17, 15) is 18.0 Å². The Morgan fingerprint density at radius 3 is 2.52 bits per heavy atom. The van der Waals surface area contributed by atoms with E-state index in [1.807, 2.05) is 13.8 Å².